The highest BCUT2D eigenvalue weighted by atomic mass is 32.2. The van der Waals surface area contributed by atoms with Crippen molar-refractivity contribution in [1.82, 2.24) is 24.5 Å². The van der Waals surface area contributed by atoms with Crippen molar-refractivity contribution in [3.63, 3.8) is 0 Å². The first-order valence-electron chi connectivity index (χ1n) is 10.7. The van der Waals surface area contributed by atoms with Crippen LogP contribution in [-0.4, -0.2) is 36.2 Å². The maximum atomic E-state index is 12.7. The number of para-hydroxylation sites is 2. The Morgan fingerprint density at radius 1 is 0.969 bits per heavy atom. The van der Waals surface area contributed by atoms with E-state index in [0.717, 1.165) is 47.1 Å². The van der Waals surface area contributed by atoms with Crippen molar-refractivity contribution in [1.29, 1.82) is 0 Å². The fourth-order valence-corrected chi connectivity index (χ4v) is 4.31. The molecular formula is C24H24N6OS. The molecule has 0 unspecified atom stereocenters. The maximum absolute atomic E-state index is 12.7. The van der Waals surface area contributed by atoms with E-state index >= 15 is 0 Å². The lowest BCUT2D eigenvalue weighted by Gasteiger charge is -2.06. The second-order valence-electron chi connectivity index (χ2n) is 7.90. The predicted molar refractivity (Wildman–Crippen MR) is 126 cm³/mol. The standard InChI is InChI=1S/C24H24N6OS/c1-16-22(17(2)29(27-16)19-9-5-3-6-10-19)25-21(31)15-32-24-26-23(18-13-14-18)30(28-24)20-11-7-4-8-12-20/h3-12,18H,13-15H2,1-2H3,(H,25,31). The second-order valence-corrected chi connectivity index (χ2v) is 8.85. The molecule has 8 heteroatoms. The highest BCUT2D eigenvalue weighted by molar-refractivity contribution is 7.99. The number of nitrogens with one attached hydrogen (secondary N) is 1. The van der Waals surface area contributed by atoms with Crippen LogP contribution in [0.2, 0.25) is 0 Å². The van der Waals surface area contributed by atoms with E-state index in [-0.39, 0.29) is 11.7 Å². The van der Waals surface area contributed by atoms with Gasteiger partial charge in [-0.3, -0.25) is 4.79 Å². The van der Waals surface area contributed by atoms with Crippen molar-refractivity contribution < 1.29 is 4.79 Å². The number of anilines is 1. The number of hydrogen-bond acceptors (Lipinski definition) is 5. The number of hydrogen-bond donors (Lipinski definition) is 1. The molecule has 0 spiro atoms. The third kappa shape index (κ3) is 4.18. The summed E-state index contributed by atoms with van der Waals surface area (Å²) < 4.78 is 3.76. The molecule has 7 nitrogen and oxygen atoms in total. The summed E-state index contributed by atoms with van der Waals surface area (Å²) in [5.41, 5.74) is 4.40. The van der Waals surface area contributed by atoms with E-state index in [1.807, 2.05) is 83.9 Å². The van der Waals surface area contributed by atoms with Crippen LogP contribution in [0.25, 0.3) is 11.4 Å². The van der Waals surface area contributed by atoms with Gasteiger partial charge in [-0.1, -0.05) is 48.2 Å². The average Bonchev–Trinajstić information content (AvgIpc) is 3.52. The highest BCUT2D eigenvalue weighted by Gasteiger charge is 2.30. The van der Waals surface area contributed by atoms with Crippen LogP contribution in [0, 0.1) is 13.8 Å². The van der Waals surface area contributed by atoms with Crippen LogP contribution in [0.5, 0.6) is 0 Å². The van der Waals surface area contributed by atoms with Crippen LogP contribution in [0.15, 0.2) is 65.8 Å². The SMILES string of the molecule is Cc1nn(-c2ccccc2)c(C)c1NC(=O)CSc1nc(C2CC2)n(-c2ccccc2)n1. The maximum Gasteiger partial charge on any atom is 0.234 e. The fraction of sp³-hybridized carbons (Fsp3) is 0.250. The molecule has 0 atom stereocenters. The molecule has 5 rings (SSSR count). The zero-order chi connectivity index (χ0) is 22.1. The molecule has 2 heterocycles. The molecule has 1 fully saturated rings. The lowest BCUT2D eigenvalue weighted by atomic mass is 10.3. The lowest BCUT2D eigenvalue weighted by molar-refractivity contribution is -0.113. The molecule has 1 saturated carbocycles. The normalized spacial score (nSPS) is 13.3. The van der Waals surface area contributed by atoms with E-state index < -0.39 is 0 Å². The van der Waals surface area contributed by atoms with Gasteiger partial charge in [0.25, 0.3) is 0 Å². The third-order valence-corrected chi connectivity index (χ3v) is 6.28. The van der Waals surface area contributed by atoms with E-state index in [9.17, 15) is 4.79 Å². The van der Waals surface area contributed by atoms with Crippen molar-refractivity contribution in [3.8, 4) is 11.4 Å². The number of carbonyl (C=O) groups excluding carboxylic acids is 1. The zero-order valence-corrected chi connectivity index (χ0v) is 18.8. The molecular weight excluding hydrogens is 420 g/mol. The Morgan fingerprint density at radius 3 is 2.22 bits per heavy atom. The van der Waals surface area contributed by atoms with Crippen LogP contribution in [-0.2, 0) is 4.79 Å². The Morgan fingerprint density at radius 2 is 1.59 bits per heavy atom. The minimum Gasteiger partial charge on any atom is -0.322 e. The van der Waals surface area contributed by atoms with Crippen molar-refractivity contribution >= 4 is 23.4 Å². The number of thioether (sulfide) groups is 1. The lowest BCUT2D eigenvalue weighted by Crippen LogP contribution is -2.15. The molecule has 0 aliphatic heterocycles. The summed E-state index contributed by atoms with van der Waals surface area (Å²) in [5, 5.41) is 12.9. The van der Waals surface area contributed by atoms with Gasteiger partial charge in [-0.05, 0) is 51.0 Å². The predicted octanol–water partition coefficient (Wildman–Crippen LogP) is 4.68. The minimum atomic E-state index is -0.0992. The van der Waals surface area contributed by atoms with Gasteiger partial charge in [-0.15, -0.1) is 5.10 Å². The molecule has 32 heavy (non-hydrogen) atoms. The number of aromatic nitrogens is 5. The van der Waals surface area contributed by atoms with E-state index in [4.69, 9.17) is 4.98 Å². The molecule has 2 aromatic carbocycles. The van der Waals surface area contributed by atoms with E-state index in [0.29, 0.717) is 11.1 Å². The molecule has 1 N–H and O–H groups in total. The molecule has 0 bridgehead atoms. The molecule has 2 aromatic heterocycles. The number of aryl methyl sites for hydroxylation is 1. The van der Waals surface area contributed by atoms with Gasteiger partial charge in [0.05, 0.1) is 34.2 Å². The molecule has 0 saturated heterocycles. The van der Waals surface area contributed by atoms with Gasteiger partial charge in [-0.25, -0.2) is 14.3 Å². The van der Waals surface area contributed by atoms with Gasteiger partial charge in [0.2, 0.25) is 11.1 Å². The number of carbonyl (C=O) groups is 1. The van der Waals surface area contributed by atoms with Gasteiger partial charge in [0, 0.05) is 5.92 Å². The van der Waals surface area contributed by atoms with Crippen LogP contribution in [0.1, 0.15) is 36.0 Å². The number of benzene rings is 2. The van der Waals surface area contributed by atoms with Crippen LogP contribution in [0.3, 0.4) is 0 Å². The van der Waals surface area contributed by atoms with Crippen molar-refractivity contribution in [3.05, 3.63) is 77.9 Å². The van der Waals surface area contributed by atoms with E-state index in [2.05, 4.69) is 15.5 Å². The number of nitrogens with zero attached hydrogens (tertiary/aromatic N) is 5. The quantitative estimate of drug-likeness (QED) is 0.419. The van der Waals surface area contributed by atoms with Crippen LogP contribution in [0.4, 0.5) is 5.69 Å². The topological polar surface area (TPSA) is 77.6 Å². The summed E-state index contributed by atoms with van der Waals surface area (Å²) >= 11 is 1.36. The second kappa shape index (κ2) is 8.63. The molecule has 1 aliphatic rings. The first-order valence-corrected chi connectivity index (χ1v) is 11.7. The van der Waals surface area contributed by atoms with Crippen molar-refractivity contribution in [2.75, 3.05) is 11.1 Å². The first-order chi connectivity index (χ1) is 15.6. The van der Waals surface area contributed by atoms with Crippen LogP contribution < -0.4 is 5.32 Å². The minimum absolute atomic E-state index is 0.0992. The summed E-state index contributed by atoms with van der Waals surface area (Å²) in [6.45, 7) is 3.86. The Kier molecular flexibility index (Phi) is 5.53. The number of amides is 1. The Hall–Kier alpha value is -3.39. The Bertz CT molecular complexity index is 1240. The third-order valence-electron chi connectivity index (χ3n) is 5.44. The summed E-state index contributed by atoms with van der Waals surface area (Å²) in [6, 6.07) is 19.9. The fourth-order valence-electron chi connectivity index (χ4n) is 3.68. The smallest absolute Gasteiger partial charge is 0.234 e. The molecule has 1 amide bonds. The van der Waals surface area contributed by atoms with Gasteiger partial charge in [0.1, 0.15) is 5.82 Å². The number of rotatable bonds is 7. The zero-order valence-electron chi connectivity index (χ0n) is 18.0. The van der Waals surface area contributed by atoms with Gasteiger partial charge in [-0.2, -0.15) is 5.10 Å². The summed E-state index contributed by atoms with van der Waals surface area (Å²) in [4.78, 5) is 17.4. The highest BCUT2D eigenvalue weighted by Crippen LogP contribution is 2.40. The largest absolute Gasteiger partial charge is 0.322 e. The van der Waals surface area contributed by atoms with Gasteiger partial charge >= 0.3 is 0 Å². The van der Waals surface area contributed by atoms with Crippen molar-refractivity contribution in [2.45, 2.75) is 37.8 Å². The van der Waals surface area contributed by atoms with E-state index in [1.165, 1.54) is 11.8 Å². The molecule has 162 valence electrons. The average molecular weight is 445 g/mol. The van der Waals surface area contributed by atoms with E-state index in [1.54, 1.807) is 0 Å². The van der Waals surface area contributed by atoms with Crippen molar-refractivity contribution in [2.24, 2.45) is 0 Å². The molecule has 0 radical (unpaired) electrons. The first kappa shape index (κ1) is 20.5. The Balaban J connectivity index is 1.29. The Labute approximate surface area is 190 Å². The van der Waals surface area contributed by atoms with Crippen LogP contribution >= 0.6 is 11.8 Å². The summed E-state index contributed by atoms with van der Waals surface area (Å²) in [6.07, 6.45) is 2.28. The van der Waals surface area contributed by atoms with Gasteiger partial charge in [0.15, 0.2) is 0 Å². The molecule has 1 aliphatic carbocycles. The summed E-state index contributed by atoms with van der Waals surface area (Å²) in [5.74, 6) is 1.57. The molecule has 4 aromatic rings. The summed E-state index contributed by atoms with van der Waals surface area (Å²) in [7, 11) is 0. The van der Waals surface area contributed by atoms with Gasteiger partial charge < -0.3 is 5.32 Å². The monoisotopic (exact) mass is 444 g/mol.